The van der Waals surface area contributed by atoms with Crippen LogP contribution in [0.4, 0.5) is 4.39 Å². The molecule has 0 saturated heterocycles. The monoisotopic (exact) mass is 316 g/mol. The van der Waals surface area contributed by atoms with Crippen LogP contribution in [0.3, 0.4) is 0 Å². The first-order valence-corrected chi connectivity index (χ1v) is 6.77. The van der Waals surface area contributed by atoms with Gasteiger partial charge in [0, 0.05) is 25.9 Å². The van der Waals surface area contributed by atoms with E-state index < -0.39 is 17.2 Å². The number of carbonyl (C=O) groups is 1. The lowest BCUT2D eigenvalue weighted by Crippen LogP contribution is -2.28. The van der Waals surface area contributed by atoms with Crippen molar-refractivity contribution >= 4 is 11.6 Å². The average molecular weight is 316 g/mol. The molecule has 0 spiro atoms. The fourth-order valence-electron chi connectivity index (χ4n) is 2.20. The molecule has 0 atom stereocenters. The number of nitrogens with one attached hydrogen (secondary N) is 1. The van der Waals surface area contributed by atoms with Gasteiger partial charge >= 0.3 is 5.56 Å². The minimum absolute atomic E-state index is 0.119. The van der Waals surface area contributed by atoms with E-state index in [1.54, 1.807) is 19.3 Å². The smallest absolute Gasteiger partial charge is 0.315 e. The number of hydrogen-bond donors (Lipinski definition) is 2. The summed E-state index contributed by atoms with van der Waals surface area (Å²) in [6.07, 6.45) is 1.59. The van der Waals surface area contributed by atoms with Gasteiger partial charge < -0.3 is 10.4 Å². The number of aromatic nitrogens is 3. The molecule has 2 N–H and O–H groups in total. The number of rotatable bonds is 3. The SMILES string of the molecule is Cn1ccc2nc(C(=O)NCc3ccc(F)cc3)c(O)c(=O)n21. The van der Waals surface area contributed by atoms with Gasteiger partial charge in [-0.2, -0.15) is 4.52 Å². The Bertz CT molecular complexity index is 944. The van der Waals surface area contributed by atoms with Gasteiger partial charge in [-0.1, -0.05) is 12.1 Å². The van der Waals surface area contributed by atoms with Crippen LogP contribution in [0.5, 0.6) is 5.75 Å². The Morgan fingerprint density at radius 3 is 2.70 bits per heavy atom. The van der Waals surface area contributed by atoms with Crippen LogP contribution >= 0.6 is 0 Å². The number of benzene rings is 1. The normalized spacial score (nSPS) is 10.9. The minimum Gasteiger partial charge on any atom is -0.501 e. The Morgan fingerprint density at radius 1 is 1.30 bits per heavy atom. The molecule has 2 aromatic heterocycles. The number of halogens is 1. The Labute approximate surface area is 129 Å². The maximum atomic E-state index is 12.8. The third kappa shape index (κ3) is 2.66. The van der Waals surface area contributed by atoms with Crippen LogP contribution < -0.4 is 10.9 Å². The number of amides is 1. The van der Waals surface area contributed by atoms with Gasteiger partial charge in [-0.25, -0.2) is 9.37 Å². The van der Waals surface area contributed by atoms with Gasteiger partial charge in [-0.15, -0.1) is 0 Å². The summed E-state index contributed by atoms with van der Waals surface area (Å²) in [5.74, 6) is -1.78. The van der Waals surface area contributed by atoms with Crippen molar-refractivity contribution in [3.8, 4) is 5.75 Å². The highest BCUT2D eigenvalue weighted by molar-refractivity contribution is 5.95. The molecule has 1 amide bonds. The summed E-state index contributed by atoms with van der Waals surface area (Å²) in [5.41, 5.74) is -0.142. The third-order valence-corrected chi connectivity index (χ3v) is 3.40. The molecule has 0 aliphatic heterocycles. The molecule has 8 heteroatoms. The van der Waals surface area contributed by atoms with Crippen molar-refractivity contribution in [2.75, 3.05) is 0 Å². The van der Waals surface area contributed by atoms with Crippen LogP contribution in [0.15, 0.2) is 41.3 Å². The van der Waals surface area contributed by atoms with Crippen LogP contribution in [0.2, 0.25) is 0 Å². The standard InChI is InChI=1S/C15H13FN4O3/c1-19-7-6-11-18-12(13(21)15(23)20(11)19)14(22)17-8-9-2-4-10(16)5-3-9/h2-7,21H,8H2,1H3,(H,17,22). The van der Waals surface area contributed by atoms with E-state index in [0.29, 0.717) is 5.56 Å². The highest BCUT2D eigenvalue weighted by atomic mass is 19.1. The van der Waals surface area contributed by atoms with Gasteiger partial charge in [0.05, 0.1) is 0 Å². The first-order chi connectivity index (χ1) is 11.0. The molecule has 7 nitrogen and oxygen atoms in total. The van der Waals surface area contributed by atoms with E-state index in [2.05, 4.69) is 10.3 Å². The Balaban J connectivity index is 1.87. The van der Waals surface area contributed by atoms with Crippen LogP contribution in [0, 0.1) is 5.82 Å². The molecule has 1 aromatic carbocycles. The van der Waals surface area contributed by atoms with E-state index in [0.717, 1.165) is 4.52 Å². The summed E-state index contributed by atoms with van der Waals surface area (Å²) < 4.78 is 15.4. The second-order valence-corrected chi connectivity index (χ2v) is 4.98. The first kappa shape index (κ1) is 14.8. The lowest BCUT2D eigenvalue weighted by atomic mass is 10.2. The van der Waals surface area contributed by atoms with Crippen LogP contribution in [-0.2, 0) is 13.6 Å². The molecular formula is C15H13FN4O3. The molecule has 0 unspecified atom stereocenters. The highest BCUT2D eigenvalue weighted by Crippen LogP contribution is 2.11. The molecule has 3 rings (SSSR count). The average Bonchev–Trinajstić information content (AvgIpc) is 2.91. The number of aromatic hydroxyl groups is 1. The summed E-state index contributed by atoms with van der Waals surface area (Å²) in [4.78, 5) is 28.2. The van der Waals surface area contributed by atoms with Crippen molar-refractivity contribution in [2.24, 2.45) is 7.05 Å². The van der Waals surface area contributed by atoms with Gasteiger partial charge in [0.2, 0.25) is 5.75 Å². The molecule has 23 heavy (non-hydrogen) atoms. The summed E-state index contributed by atoms with van der Waals surface area (Å²) in [6.45, 7) is 0.119. The highest BCUT2D eigenvalue weighted by Gasteiger charge is 2.19. The second kappa shape index (κ2) is 5.56. The van der Waals surface area contributed by atoms with Gasteiger partial charge in [0.1, 0.15) is 5.82 Å². The molecule has 0 aliphatic rings. The van der Waals surface area contributed by atoms with Crippen molar-refractivity contribution < 1.29 is 14.3 Å². The van der Waals surface area contributed by atoms with Crippen molar-refractivity contribution in [1.29, 1.82) is 0 Å². The zero-order chi connectivity index (χ0) is 16.6. The van der Waals surface area contributed by atoms with E-state index >= 15 is 0 Å². The molecule has 0 radical (unpaired) electrons. The minimum atomic E-state index is -0.727. The molecule has 3 aromatic rings. The zero-order valence-electron chi connectivity index (χ0n) is 12.2. The maximum absolute atomic E-state index is 12.8. The third-order valence-electron chi connectivity index (χ3n) is 3.40. The van der Waals surface area contributed by atoms with Gasteiger partial charge in [0.25, 0.3) is 5.91 Å². The Kier molecular flexibility index (Phi) is 3.57. The number of fused-ring (bicyclic) bond motifs is 1. The fourth-order valence-corrected chi connectivity index (χ4v) is 2.20. The summed E-state index contributed by atoms with van der Waals surface area (Å²) >= 11 is 0. The predicted octanol–water partition coefficient (Wildman–Crippen LogP) is 0.808. The molecule has 2 heterocycles. The van der Waals surface area contributed by atoms with E-state index in [1.807, 2.05) is 0 Å². The Morgan fingerprint density at radius 2 is 2.00 bits per heavy atom. The predicted molar refractivity (Wildman–Crippen MR) is 79.7 cm³/mol. The molecular weight excluding hydrogens is 303 g/mol. The quantitative estimate of drug-likeness (QED) is 0.748. The number of aryl methyl sites for hydroxylation is 1. The maximum Gasteiger partial charge on any atom is 0.315 e. The summed E-state index contributed by atoms with van der Waals surface area (Å²) in [7, 11) is 1.61. The van der Waals surface area contributed by atoms with Gasteiger partial charge in [-0.05, 0) is 17.7 Å². The van der Waals surface area contributed by atoms with Crippen LogP contribution in [0.25, 0.3) is 5.65 Å². The van der Waals surface area contributed by atoms with E-state index in [9.17, 15) is 19.1 Å². The summed E-state index contributed by atoms with van der Waals surface area (Å²) in [5, 5.41) is 12.5. The van der Waals surface area contributed by atoms with Gasteiger partial charge in [0.15, 0.2) is 11.3 Å². The lowest BCUT2D eigenvalue weighted by molar-refractivity contribution is 0.0942. The lowest BCUT2D eigenvalue weighted by Gasteiger charge is -2.07. The van der Waals surface area contributed by atoms with E-state index in [4.69, 9.17) is 0 Å². The summed E-state index contributed by atoms with van der Waals surface area (Å²) in [6, 6.07) is 7.16. The largest absolute Gasteiger partial charge is 0.501 e. The van der Waals surface area contributed by atoms with Gasteiger partial charge in [-0.3, -0.25) is 14.3 Å². The second-order valence-electron chi connectivity index (χ2n) is 4.98. The topological polar surface area (TPSA) is 88.6 Å². The Hall–Kier alpha value is -3.16. The van der Waals surface area contributed by atoms with Crippen molar-refractivity contribution in [1.82, 2.24) is 19.5 Å². The van der Waals surface area contributed by atoms with Crippen LogP contribution in [0.1, 0.15) is 16.1 Å². The first-order valence-electron chi connectivity index (χ1n) is 6.77. The van der Waals surface area contributed by atoms with Crippen molar-refractivity contribution in [3.63, 3.8) is 0 Å². The molecule has 118 valence electrons. The number of carbonyl (C=O) groups excluding carboxylic acids is 1. The van der Waals surface area contributed by atoms with Crippen molar-refractivity contribution in [2.45, 2.75) is 6.54 Å². The molecule has 0 aliphatic carbocycles. The van der Waals surface area contributed by atoms with Crippen LogP contribution in [-0.4, -0.2) is 25.2 Å². The number of hydrogen-bond acceptors (Lipinski definition) is 4. The van der Waals surface area contributed by atoms with E-state index in [1.165, 1.54) is 28.9 Å². The van der Waals surface area contributed by atoms with Crippen molar-refractivity contribution in [3.05, 3.63) is 64.0 Å². The molecule has 0 saturated carbocycles. The fraction of sp³-hybridized carbons (Fsp3) is 0.133. The number of nitrogens with zero attached hydrogens (tertiary/aromatic N) is 3. The van der Waals surface area contributed by atoms with E-state index in [-0.39, 0.29) is 23.7 Å². The zero-order valence-corrected chi connectivity index (χ0v) is 12.2. The molecule has 0 bridgehead atoms. The molecule has 0 fully saturated rings.